The molecule has 0 aliphatic carbocycles. The Morgan fingerprint density at radius 3 is 2.43 bits per heavy atom. The number of benzene rings is 3. The number of rotatable bonds is 3. The van der Waals surface area contributed by atoms with Crippen LogP contribution in [0.3, 0.4) is 0 Å². The third-order valence-corrected chi connectivity index (χ3v) is 3.66. The smallest absolute Gasteiger partial charge is 0.272 e. The van der Waals surface area contributed by atoms with Gasteiger partial charge in [-0.15, -0.1) is 0 Å². The lowest BCUT2D eigenvalue weighted by Gasteiger charge is -2.07. The third kappa shape index (κ3) is 3.03. The summed E-state index contributed by atoms with van der Waals surface area (Å²) in [4.78, 5) is 22.7. The van der Waals surface area contributed by atoms with Crippen LogP contribution in [0.5, 0.6) is 0 Å². The molecule has 0 unspecified atom stereocenters. The van der Waals surface area contributed by atoms with Gasteiger partial charge in [0.15, 0.2) is 0 Å². The Morgan fingerprint density at radius 2 is 1.74 bits per heavy atom. The number of nitro benzene ring substituents is 1. The average molecular weight is 306 g/mol. The minimum absolute atomic E-state index is 0.00672. The molecule has 0 atom stereocenters. The van der Waals surface area contributed by atoms with Gasteiger partial charge in [-0.25, -0.2) is 0 Å². The molecular formula is C18H14N2O3. The summed E-state index contributed by atoms with van der Waals surface area (Å²) in [6.45, 7) is 1.62. The summed E-state index contributed by atoms with van der Waals surface area (Å²) in [5.41, 5.74) is 1.54. The van der Waals surface area contributed by atoms with Crippen molar-refractivity contribution >= 4 is 28.1 Å². The average Bonchev–Trinajstić information content (AvgIpc) is 2.54. The van der Waals surface area contributed by atoms with Gasteiger partial charge in [-0.05, 0) is 42.0 Å². The van der Waals surface area contributed by atoms with Gasteiger partial charge in [0.25, 0.3) is 11.6 Å². The van der Waals surface area contributed by atoms with Crippen molar-refractivity contribution in [1.29, 1.82) is 0 Å². The standard InChI is InChI=1S/C18H14N2O3/c1-12-10-15(7-9-17(12)20(22)23)18(21)19-16-8-6-13-4-2-3-5-14(13)11-16/h2-11H,1H3,(H,19,21). The van der Waals surface area contributed by atoms with Gasteiger partial charge in [0.2, 0.25) is 0 Å². The molecular weight excluding hydrogens is 292 g/mol. The van der Waals surface area contributed by atoms with Gasteiger partial charge >= 0.3 is 0 Å². The molecule has 0 spiro atoms. The number of nitrogens with one attached hydrogen (secondary N) is 1. The lowest BCUT2D eigenvalue weighted by atomic mass is 10.1. The summed E-state index contributed by atoms with van der Waals surface area (Å²) in [5.74, 6) is -0.293. The van der Waals surface area contributed by atoms with Gasteiger partial charge in [0, 0.05) is 22.9 Å². The predicted octanol–water partition coefficient (Wildman–Crippen LogP) is 4.31. The fourth-order valence-electron chi connectivity index (χ4n) is 2.47. The molecule has 0 bridgehead atoms. The fraction of sp³-hybridized carbons (Fsp3) is 0.0556. The first-order chi connectivity index (χ1) is 11.0. The van der Waals surface area contributed by atoms with E-state index in [2.05, 4.69) is 5.32 Å². The third-order valence-electron chi connectivity index (χ3n) is 3.66. The van der Waals surface area contributed by atoms with Crippen molar-refractivity contribution in [2.24, 2.45) is 0 Å². The Morgan fingerprint density at radius 1 is 1.00 bits per heavy atom. The van der Waals surface area contributed by atoms with Crippen LogP contribution in [0.15, 0.2) is 60.7 Å². The van der Waals surface area contributed by atoms with Crippen LogP contribution in [0.1, 0.15) is 15.9 Å². The van der Waals surface area contributed by atoms with Crippen LogP contribution in [0.25, 0.3) is 10.8 Å². The number of carbonyl (C=O) groups excluding carboxylic acids is 1. The maximum atomic E-state index is 12.3. The molecule has 0 heterocycles. The molecule has 0 aromatic heterocycles. The molecule has 114 valence electrons. The zero-order valence-corrected chi connectivity index (χ0v) is 12.4. The molecule has 0 saturated carbocycles. The van der Waals surface area contributed by atoms with Crippen LogP contribution in [0.4, 0.5) is 11.4 Å². The summed E-state index contributed by atoms with van der Waals surface area (Å²) >= 11 is 0. The molecule has 1 amide bonds. The lowest BCUT2D eigenvalue weighted by molar-refractivity contribution is -0.385. The van der Waals surface area contributed by atoms with E-state index in [1.807, 2.05) is 42.5 Å². The quantitative estimate of drug-likeness (QED) is 0.579. The summed E-state index contributed by atoms with van der Waals surface area (Å²) < 4.78 is 0. The number of carbonyl (C=O) groups is 1. The highest BCUT2D eigenvalue weighted by Crippen LogP contribution is 2.21. The topological polar surface area (TPSA) is 72.2 Å². The highest BCUT2D eigenvalue weighted by Gasteiger charge is 2.14. The molecule has 3 aromatic rings. The van der Waals surface area contributed by atoms with E-state index >= 15 is 0 Å². The molecule has 0 aliphatic rings. The molecule has 3 aromatic carbocycles. The normalized spacial score (nSPS) is 10.5. The van der Waals surface area contributed by atoms with Gasteiger partial charge < -0.3 is 5.32 Å². The van der Waals surface area contributed by atoms with E-state index in [1.54, 1.807) is 6.92 Å². The van der Waals surface area contributed by atoms with E-state index in [-0.39, 0.29) is 11.6 Å². The number of fused-ring (bicyclic) bond motifs is 1. The van der Waals surface area contributed by atoms with Crippen LogP contribution in [0.2, 0.25) is 0 Å². The van der Waals surface area contributed by atoms with E-state index in [9.17, 15) is 14.9 Å². The summed E-state index contributed by atoms with van der Waals surface area (Å²) in [6, 6.07) is 17.9. The molecule has 5 heteroatoms. The summed E-state index contributed by atoms with van der Waals surface area (Å²) in [5, 5.41) is 15.8. The summed E-state index contributed by atoms with van der Waals surface area (Å²) in [6.07, 6.45) is 0. The maximum Gasteiger partial charge on any atom is 0.272 e. The van der Waals surface area contributed by atoms with Gasteiger partial charge in [-0.3, -0.25) is 14.9 Å². The van der Waals surface area contributed by atoms with Gasteiger partial charge in [0.1, 0.15) is 0 Å². The molecule has 0 aliphatic heterocycles. The van der Waals surface area contributed by atoms with Crippen molar-refractivity contribution in [3.8, 4) is 0 Å². The van der Waals surface area contributed by atoms with Crippen LogP contribution in [-0.4, -0.2) is 10.8 Å². The van der Waals surface area contributed by atoms with E-state index in [4.69, 9.17) is 0 Å². The number of nitro groups is 1. The van der Waals surface area contributed by atoms with Gasteiger partial charge in [0.05, 0.1) is 4.92 Å². The molecule has 0 saturated heterocycles. The first kappa shape index (κ1) is 14.7. The lowest BCUT2D eigenvalue weighted by Crippen LogP contribution is -2.12. The first-order valence-electron chi connectivity index (χ1n) is 7.10. The zero-order valence-electron chi connectivity index (χ0n) is 12.4. The molecule has 0 fully saturated rings. The highest BCUT2D eigenvalue weighted by molar-refractivity contribution is 6.05. The van der Waals surface area contributed by atoms with Crippen LogP contribution in [0, 0.1) is 17.0 Å². The number of aryl methyl sites for hydroxylation is 1. The molecule has 1 N–H and O–H groups in total. The van der Waals surface area contributed by atoms with E-state index < -0.39 is 4.92 Å². The maximum absolute atomic E-state index is 12.3. The van der Waals surface area contributed by atoms with Crippen LogP contribution in [-0.2, 0) is 0 Å². The summed E-state index contributed by atoms with van der Waals surface area (Å²) in [7, 11) is 0. The number of anilines is 1. The van der Waals surface area contributed by atoms with Crippen LogP contribution < -0.4 is 5.32 Å². The van der Waals surface area contributed by atoms with Crippen molar-refractivity contribution < 1.29 is 9.72 Å². The second-order valence-electron chi connectivity index (χ2n) is 5.27. The Labute approximate surface area is 132 Å². The Bertz CT molecular complexity index is 919. The molecule has 3 rings (SSSR count). The van der Waals surface area contributed by atoms with E-state index in [1.165, 1.54) is 18.2 Å². The monoisotopic (exact) mass is 306 g/mol. The van der Waals surface area contributed by atoms with Crippen molar-refractivity contribution in [3.63, 3.8) is 0 Å². The molecule has 0 radical (unpaired) electrons. The van der Waals surface area contributed by atoms with Crippen molar-refractivity contribution in [1.82, 2.24) is 0 Å². The number of hydrogen-bond acceptors (Lipinski definition) is 3. The highest BCUT2D eigenvalue weighted by atomic mass is 16.6. The number of amides is 1. The number of nitrogens with zero attached hydrogens (tertiary/aromatic N) is 1. The van der Waals surface area contributed by atoms with Crippen molar-refractivity contribution in [2.75, 3.05) is 5.32 Å². The predicted molar refractivity (Wildman–Crippen MR) is 89.7 cm³/mol. The van der Waals surface area contributed by atoms with Crippen molar-refractivity contribution in [2.45, 2.75) is 6.92 Å². The second-order valence-corrected chi connectivity index (χ2v) is 5.27. The second kappa shape index (κ2) is 5.88. The van der Waals surface area contributed by atoms with E-state index in [0.717, 1.165) is 10.8 Å². The Hall–Kier alpha value is -3.21. The number of hydrogen-bond donors (Lipinski definition) is 1. The van der Waals surface area contributed by atoms with Gasteiger partial charge in [-0.1, -0.05) is 30.3 Å². The minimum Gasteiger partial charge on any atom is -0.322 e. The Balaban J connectivity index is 1.85. The van der Waals surface area contributed by atoms with Crippen LogP contribution >= 0.6 is 0 Å². The molecule has 5 nitrogen and oxygen atoms in total. The largest absolute Gasteiger partial charge is 0.322 e. The Kier molecular flexibility index (Phi) is 3.76. The fourth-order valence-corrected chi connectivity index (χ4v) is 2.47. The minimum atomic E-state index is -0.458. The first-order valence-corrected chi connectivity index (χ1v) is 7.10. The van der Waals surface area contributed by atoms with Gasteiger partial charge in [-0.2, -0.15) is 0 Å². The SMILES string of the molecule is Cc1cc(C(=O)Nc2ccc3ccccc3c2)ccc1[N+](=O)[O-]. The molecule has 23 heavy (non-hydrogen) atoms. The zero-order chi connectivity index (χ0) is 16.4. The van der Waals surface area contributed by atoms with E-state index in [0.29, 0.717) is 16.8 Å². The van der Waals surface area contributed by atoms with Crippen molar-refractivity contribution in [3.05, 3.63) is 81.9 Å².